The SMILES string of the molecule is CCn1cc(NC(=O)c2ccc3c(c2)c(C)c(C)n3Cc2ccccc2)c(C(=O)NC)n1. The Hall–Kier alpha value is -3.87. The van der Waals surface area contributed by atoms with E-state index in [1.807, 2.05) is 43.3 Å². The van der Waals surface area contributed by atoms with Crippen molar-refractivity contribution < 1.29 is 9.59 Å². The van der Waals surface area contributed by atoms with Gasteiger partial charge in [0.15, 0.2) is 5.69 Å². The molecule has 0 saturated carbocycles. The number of aromatic nitrogens is 3. The molecule has 4 rings (SSSR count). The number of carbonyl (C=O) groups excluding carboxylic acids is 2. The third-order valence-electron chi connectivity index (χ3n) is 5.86. The van der Waals surface area contributed by atoms with E-state index in [1.54, 1.807) is 10.9 Å². The molecule has 2 aromatic heterocycles. The lowest BCUT2D eigenvalue weighted by atomic mass is 10.1. The first kappa shape index (κ1) is 21.4. The van der Waals surface area contributed by atoms with Gasteiger partial charge in [0.1, 0.15) is 0 Å². The van der Waals surface area contributed by atoms with E-state index < -0.39 is 0 Å². The highest BCUT2D eigenvalue weighted by Gasteiger charge is 2.19. The Labute approximate surface area is 187 Å². The van der Waals surface area contributed by atoms with Crippen LogP contribution in [0.2, 0.25) is 0 Å². The van der Waals surface area contributed by atoms with Crippen molar-refractivity contribution in [2.45, 2.75) is 33.9 Å². The van der Waals surface area contributed by atoms with Crippen LogP contribution in [0, 0.1) is 13.8 Å². The van der Waals surface area contributed by atoms with Gasteiger partial charge in [-0.05, 0) is 50.1 Å². The second-order valence-electron chi connectivity index (χ2n) is 7.79. The summed E-state index contributed by atoms with van der Waals surface area (Å²) in [7, 11) is 1.54. The van der Waals surface area contributed by atoms with Crippen molar-refractivity contribution in [1.82, 2.24) is 19.7 Å². The summed E-state index contributed by atoms with van der Waals surface area (Å²) >= 11 is 0. The van der Waals surface area contributed by atoms with E-state index in [0.29, 0.717) is 17.8 Å². The summed E-state index contributed by atoms with van der Waals surface area (Å²) in [5.74, 6) is -0.618. The molecule has 0 bridgehead atoms. The molecule has 2 N–H and O–H groups in total. The number of rotatable bonds is 6. The molecular weight excluding hydrogens is 402 g/mol. The predicted molar refractivity (Wildman–Crippen MR) is 126 cm³/mol. The van der Waals surface area contributed by atoms with Crippen molar-refractivity contribution in [2.75, 3.05) is 12.4 Å². The fourth-order valence-corrected chi connectivity index (χ4v) is 3.92. The normalized spacial score (nSPS) is 11.0. The first-order valence-corrected chi connectivity index (χ1v) is 10.7. The van der Waals surface area contributed by atoms with E-state index in [4.69, 9.17) is 0 Å². The zero-order valence-electron chi connectivity index (χ0n) is 18.8. The van der Waals surface area contributed by atoms with Gasteiger partial charge in [-0.15, -0.1) is 0 Å². The smallest absolute Gasteiger partial charge is 0.273 e. The number of carbonyl (C=O) groups is 2. The minimum Gasteiger partial charge on any atom is -0.354 e. The van der Waals surface area contributed by atoms with Crippen LogP contribution in [0.1, 0.15) is 44.6 Å². The fourth-order valence-electron chi connectivity index (χ4n) is 3.92. The molecule has 0 saturated heterocycles. The number of anilines is 1. The van der Waals surface area contributed by atoms with E-state index in [0.717, 1.165) is 23.0 Å². The second-order valence-corrected chi connectivity index (χ2v) is 7.79. The van der Waals surface area contributed by atoms with Crippen LogP contribution in [-0.4, -0.2) is 33.2 Å². The maximum absolute atomic E-state index is 13.0. The van der Waals surface area contributed by atoms with Gasteiger partial charge in [0.2, 0.25) is 0 Å². The van der Waals surface area contributed by atoms with Crippen molar-refractivity contribution in [3.8, 4) is 0 Å². The molecule has 2 aromatic carbocycles. The molecule has 0 aliphatic carbocycles. The number of hydrogen-bond acceptors (Lipinski definition) is 3. The van der Waals surface area contributed by atoms with Crippen LogP contribution >= 0.6 is 0 Å². The van der Waals surface area contributed by atoms with E-state index in [2.05, 4.69) is 46.3 Å². The number of nitrogens with zero attached hydrogens (tertiary/aromatic N) is 3. The first-order chi connectivity index (χ1) is 15.4. The Kier molecular flexibility index (Phi) is 5.81. The molecule has 2 heterocycles. The van der Waals surface area contributed by atoms with Crippen LogP contribution in [0.15, 0.2) is 54.7 Å². The van der Waals surface area contributed by atoms with Gasteiger partial charge in [-0.25, -0.2) is 0 Å². The van der Waals surface area contributed by atoms with Crippen LogP contribution in [-0.2, 0) is 13.1 Å². The molecule has 164 valence electrons. The van der Waals surface area contributed by atoms with E-state index in [-0.39, 0.29) is 17.5 Å². The summed E-state index contributed by atoms with van der Waals surface area (Å²) in [6.45, 7) is 7.47. The first-order valence-electron chi connectivity index (χ1n) is 10.7. The molecule has 0 aliphatic rings. The Morgan fingerprint density at radius 3 is 2.47 bits per heavy atom. The summed E-state index contributed by atoms with van der Waals surface area (Å²) in [5, 5.41) is 10.7. The topological polar surface area (TPSA) is 81.0 Å². The third-order valence-corrected chi connectivity index (χ3v) is 5.86. The van der Waals surface area contributed by atoms with Crippen LogP contribution in [0.5, 0.6) is 0 Å². The molecule has 0 unspecified atom stereocenters. The van der Waals surface area contributed by atoms with Gasteiger partial charge < -0.3 is 15.2 Å². The quantitative estimate of drug-likeness (QED) is 0.483. The standard InChI is InChI=1S/C25H27N5O2/c1-5-29-15-21(23(28-29)25(32)26-4)27-24(31)19-11-12-22-20(13-19)16(2)17(3)30(22)14-18-9-7-6-8-10-18/h6-13,15H,5,14H2,1-4H3,(H,26,32)(H,27,31). The second kappa shape index (κ2) is 8.70. The van der Waals surface area contributed by atoms with Crippen molar-refractivity contribution >= 4 is 28.4 Å². The molecule has 0 radical (unpaired) electrons. The van der Waals surface area contributed by atoms with E-state index >= 15 is 0 Å². The minimum atomic E-state index is -0.340. The molecule has 7 nitrogen and oxygen atoms in total. The fraction of sp³-hybridized carbons (Fsp3) is 0.240. The minimum absolute atomic E-state index is 0.199. The number of fused-ring (bicyclic) bond motifs is 1. The molecule has 0 fully saturated rings. The molecule has 32 heavy (non-hydrogen) atoms. The highest BCUT2D eigenvalue weighted by atomic mass is 16.2. The molecule has 0 spiro atoms. The lowest BCUT2D eigenvalue weighted by Gasteiger charge is -2.09. The summed E-state index contributed by atoms with van der Waals surface area (Å²) in [4.78, 5) is 25.2. The largest absolute Gasteiger partial charge is 0.354 e. The van der Waals surface area contributed by atoms with Gasteiger partial charge in [0.05, 0.1) is 5.69 Å². The number of benzene rings is 2. The summed E-state index contributed by atoms with van der Waals surface area (Å²) in [6.07, 6.45) is 1.67. The van der Waals surface area contributed by atoms with Crippen LogP contribution in [0.25, 0.3) is 10.9 Å². The maximum atomic E-state index is 13.0. The Bertz CT molecular complexity index is 1300. The summed E-state index contributed by atoms with van der Waals surface area (Å²) in [6, 6.07) is 16.0. The third kappa shape index (κ3) is 3.89. The highest BCUT2D eigenvalue weighted by Crippen LogP contribution is 2.28. The lowest BCUT2D eigenvalue weighted by molar-refractivity contribution is 0.0958. The van der Waals surface area contributed by atoms with E-state index in [9.17, 15) is 9.59 Å². The number of aryl methyl sites for hydroxylation is 2. The van der Waals surface area contributed by atoms with Gasteiger partial charge in [-0.2, -0.15) is 5.10 Å². The molecule has 0 atom stereocenters. The number of amides is 2. The van der Waals surface area contributed by atoms with Crippen LogP contribution < -0.4 is 10.6 Å². The molecular formula is C25H27N5O2. The lowest BCUT2D eigenvalue weighted by Crippen LogP contribution is -2.21. The van der Waals surface area contributed by atoms with Gasteiger partial charge in [0.25, 0.3) is 11.8 Å². The Morgan fingerprint density at radius 1 is 1.03 bits per heavy atom. The van der Waals surface area contributed by atoms with Crippen LogP contribution in [0.4, 0.5) is 5.69 Å². The predicted octanol–water partition coefficient (Wildman–Crippen LogP) is 4.13. The van der Waals surface area contributed by atoms with Gasteiger partial charge in [0, 0.05) is 48.5 Å². The summed E-state index contributed by atoms with van der Waals surface area (Å²) in [5.41, 5.74) is 5.76. The van der Waals surface area contributed by atoms with Crippen LogP contribution in [0.3, 0.4) is 0 Å². The van der Waals surface area contributed by atoms with Gasteiger partial charge in [-0.3, -0.25) is 14.3 Å². The average molecular weight is 430 g/mol. The van der Waals surface area contributed by atoms with Gasteiger partial charge in [-0.1, -0.05) is 30.3 Å². The van der Waals surface area contributed by atoms with Crippen molar-refractivity contribution in [3.63, 3.8) is 0 Å². The Morgan fingerprint density at radius 2 is 1.78 bits per heavy atom. The molecule has 4 aromatic rings. The maximum Gasteiger partial charge on any atom is 0.273 e. The molecule has 7 heteroatoms. The number of hydrogen-bond donors (Lipinski definition) is 2. The zero-order chi connectivity index (χ0) is 22.8. The monoisotopic (exact) mass is 429 g/mol. The van der Waals surface area contributed by atoms with Crippen molar-refractivity contribution in [3.05, 3.63) is 82.8 Å². The highest BCUT2D eigenvalue weighted by molar-refractivity contribution is 6.09. The zero-order valence-corrected chi connectivity index (χ0v) is 18.8. The van der Waals surface area contributed by atoms with Crippen molar-refractivity contribution in [2.24, 2.45) is 0 Å². The van der Waals surface area contributed by atoms with Crippen molar-refractivity contribution in [1.29, 1.82) is 0 Å². The average Bonchev–Trinajstić information content (AvgIpc) is 3.33. The van der Waals surface area contributed by atoms with Gasteiger partial charge >= 0.3 is 0 Å². The van der Waals surface area contributed by atoms with E-state index in [1.165, 1.54) is 18.3 Å². The molecule has 0 aliphatic heterocycles. The molecule has 2 amide bonds. The summed E-state index contributed by atoms with van der Waals surface area (Å²) < 4.78 is 3.90. The Balaban J connectivity index is 1.66. The number of nitrogens with one attached hydrogen (secondary N) is 2.